The first-order chi connectivity index (χ1) is 9.79. The zero-order chi connectivity index (χ0) is 16.0. The normalized spacial score (nSPS) is 10.1. The van der Waals surface area contributed by atoms with E-state index < -0.39 is 18.5 Å². The van der Waals surface area contributed by atoms with Gasteiger partial charge in [-0.2, -0.15) is 0 Å². The number of hydrogen-bond acceptors (Lipinski definition) is 4. The van der Waals surface area contributed by atoms with Crippen molar-refractivity contribution in [3.05, 3.63) is 27.2 Å². The van der Waals surface area contributed by atoms with Crippen molar-refractivity contribution in [3.63, 3.8) is 0 Å². The van der Waals surface area contributed by atoms with Gasteiger partial charge in [-0.25, -0.2) is 0 Å². The van der Waals surface area contributed by atoms with Crippen LogP contribution >= 0.6 is 34.8 Å². The number of Topliss-reactive ketones (excluding diaryl/α,β-unsaturated/α-hetero) is 1. The third-order valence-electron chi connectivity index (χ3n) is 2.32. The third-order valence-corrected chi connectivity index (χ3v) is 3.13. The van der Waals surface area contributed by atoms with E-state index in [2.05, 4.69) is 5.32 Å². The number of carbonyl (C=O) groups excluding carboxylic acids is 3. The molecule has 1 rings (SSSR count). The number of ketones is 1. The Morgan fingerprint density at radius 3 is 2.19 bits per heavy atom. The van der Waals surface area contributed by atoms with Crippen LogP contribution < -0.4 is 5.32 Å². The predicted molar refractivity (Wildman–Crippen MR) is 81.0 cm³/mol. The summed E-state index contributed by atoms with van der Waals surface area (Å²) >= 11 is 17.5. The van der Waals surface area contributed by atoms with Gasteiger partial charge in [0.05, 0.1) is 22.2 Å². The molecule has 1 amide bonds. The van der Waals surface area contributed by atoms with Gasteiger partial charge in [0.15, 0.2) is 6.61 Å². The second-order valence-corrected chi connectivity index (χ2v) is 5.41. The predicted octanol–water partition coefficient (Wildman–Crippen LogP) is 3.50. The summed E-state index contributed by atoms with van der Waals surface area (Å²) in [6.45, 7) is 0.872. The molecule has 0 aliphatic carbocycles. The van der Waals surface area contributed by atoms with Gasteiger partial charge in [-0.1, -0.05) is 34.8 Å². The Morgan fingerprint density at radius 1 is 1.10 bits per heavy atom. The molecule has 0 bridgehead atoms. The minimum absolute atomic E-state index is 0.0644. The number of amides is 1. The molecule has 1 aromatic carbocycles. The van der Waals surface area contributed by atoms with E-state index in [-0.39, 0.29) is 34.4 Å². The summed E-state index contributed by atoms with van der Waals surface area (Å²) < 4.78 is 4.71. The Bertz CT molecular complexity index is 552. The topological polar surface area (TPSA) is 72.5 Å². The molecule has 8 heteroatoms. The zero-order valence-corrected chi connectivity index (χ0v) is 13.3. The van der Waals surface area contributed by atoms with Crippen molar-refractivity contribution in [2.24, 2.45) is 0 Å². The van der Waals surface area contributed by atoms with Crippen LogP contribution in [0.15, 0.2) is 12.1 Å². The molecule has 0 fully saturated rings. The van der Waals surface area contributed by atoms with Crippen molar-refractivity contribution in [1.29, 1.82) is 0 Å². The van der Waals surface area contributed by atoms with Crippen LogP contribution in [0.3, 0.4) is 0 Å². The number of halogens is 3. The lowest BCUT2D eigenvalue weighted by molar-refractivity contribution is -0.148. The van der Waals surface area contributed by atoms with Gasteiger partial charge < -0.3 is 14.8 Å². The van der Waals surface area contributed by atoms with E-state index >= 15 is 0 Å². The molecule has 0 aliphatic rings. The number of esters is 1. The number of ether oxygens (including phenoxy) is 1. The molecule has 0 saturated carbocycles. The van der Waals surface area contributed by atoms with E-state index in [1.807, 2.05) is 0 Å². The van der Waals surface area contributed by atoms with Crippen LogP contribution in [0.2, 0.25) is 15.1 Å². The smallest absolute Gasteiger partial charge is 0.306 e. The van der Waals surface area contributed by atoms with Crippen molar-refractivity contribution in [1.82, 2.24) is 0 Å². The van der Waals surface area contributed by atoms with E-state index in [1.54, 1.807) is 0 Å². The van der Waals surface area contributed by atoms with E-state index in [1.165, 1.54) is 19.1 Å². The lowest BCUT2D eigenvalue weighted by Gasteiger charge is -2.10. The van der Waals surface area contributed by atoms with Gasteiger partial charge in [-0.05, 0) is 19.1 Å². The maximum atomic E-state index is 11.6. The minimum atomic E-state index is -0.631. The lowest BCUT2D eigenvalue weighted by Crippen LogP contribution is -2.21. The molecular weight excluding hydrogens is 341 g/mol. The lowest BCUT2D eigenvalue weighted by atomic mass is 10.2. The van der Waals surface area contributed by atoms with Gasteiger partial charge in [0, 0.05) is 11.4 Å². The Morgan fingerprint density at radius 2 is 1.67 bits per heavy atom. The number of benzene rings is 1. The summed E-state index contributed by atoms with van der Waals surface area (Å²) in [6.07, 6.45) is 0.0142. The molecule has 0 heterocycles. The second-order valence-electron chi connectivity index (χ2n) is 4.16. The van der Waals surface area contributed by atoms with Gasteiger partial charge in [0.1, 0.15) is 5.78 Å². The molecule has 0 spiro atoms. The van der Waals surface area contributed by atoms with E-state index in [4.69, 9.17) is 39.5 Å². The first-order valence-electron chi connectivity index (χ1n) is 5.89. The maximum Gasteiger partial charge on any atom is 0.306 e. The maximum absolute atomic E-state index is 11.6. The van der Waals surface area contributed by atoms with Crippen LogP contribution in [-0.2, 0) is 19.1 Å². The number of carbonyl (C=O) groups is 3. The van der Waals surface area contributed by atoms with Crippen molar-refractivity contribution >= 4 is 58.1 Å². The van der Waals surface area contributed by atoms with Crippen LogP contribution in [-0.4, -0.2) is 24.3 Å². The van der Waals surface area contributed by atoms with E-state index in [9.17, 15) is 14.4 Å². The Kier molecular flexibility index (Phi) is 6.95. The highest BCUT2D eigenvalue weighted by Gasteiger charge is 2.13. The molecule has 0 saturated heterocycles. The number of anilines is 1. The molecule has 0 aromatic heterocycles. The average molecular weight is 353 g/mol. The van der Waals surface area contributed by atoms with Crippen molar-refractivity contribution in [2.75, 3.05) is 11.9 Å². The van der Waals surface area contributed by atoms with E-state index in [0.717, 1.165) is 0 Å². The molecule has 0 unspecified atom stereocenters. The van der Waals surface area contributed by atoms with Crippen LogP contribution in [0.4, 0.5) is 5.69 Å². The van der Waals surface area contributed by atoms with Gasteiger partial charge >= 0.3 is 5.97 Å². The second kappa shape index (κ2) is 8.22. The monoisotopic (exact) mass is 351 g/mol. The fourth-order valence-corrected chi connectivity index (χ4v) is 2.24. The van der Waals surface area contributed by atoms with Gasteiger partial charge in [0.25, 0.3) is 5.91 Å². The number of nitrogens with one attached hydrogen (secondary N) is 1. The summed E-state index contributed by atoms with van der Waals surface area (Å²) in [6, 6.07) is 2.84. The summed E-state index contributed by atoms with van der Waals surface area (Å²) in [5, 5.41) is 3.09. The molecule has 21 heavy (non-hydrogen) atoms. The summed E-state index contributed by atoms with van der Waals surface area (Å²) in [5.74, 6) is -1.36. The molecular formula is C13H12Cl3NO4. The quantitative estimate of drug-likeness (QED) is 0.795. The Labute approximate surface area is 136 Å². The molecule has 1 N–H and O–H groups in total. The van der Waals surface area contributed by atoms with Crippen molar-refractivity contribution in [3.8, 4) is 0 Å². The average Bonchev–Trinajstić information content (AvgIpc) is 2.38. The first-order valence-corrected chi connectivity index (χ1v) is 7.02. The molecule has 0 radical (unpaired) electrons. The highest BCUT2D eigenvalue weighted by molar-refractivity contribution is 6.42. The van der Waals surface area contributed by atoms with Crippen LogP contribution in [0, 0.1) is 0 Å². The fourth-order valence-electron chi connectivity index (χ4n) is 1.33. The molecule has 0 aliphatic heterocycles. The minimum Gasteiger partial charge on any atom is -0.456 e. The van der Waals surface area contributed by atoms with Crippen molar-refractivity contribution in [2.45, 2.75) is 19.8 Å². The van der Waals surface area contributed by atoms with E-state index in [0.29, 0.717) is 5.02 Å². The first kappa shape index (κ1) is 17.8. The molecule has 5 nitrogen and oxygen atoms in total. The highest BCUT2D eigenvalue weighted by atomic mass is 35.5. The van der Waals surface area contributed by atoms with Crippen LogP contribution in [0.25, 0.3) is 0 Å². The van der Waals surface area contributed by atoms with Gasteiger partial charge in [-0.15, -0.1) is 0 Å². The summed E-state index contributed by atoms with van der Waals surface area (Å²) in [4.78, 5) is 33.6. The van der Waals surface area contributed by atoms with Gasteiger partial charge in [0.2, 0.25) is 0 Å². The molecule has 114 valence electrons. The summed E-state index contributed by atoms with van der Waals surface area (Å²) in [7, 11) is 0. The largest absolute Gasteiger partial charge is 0.456 e. The molecule has 0 atom stereocenters. The van der Waals surface area contributed by atoms with Gasteiger partial charge in [-0.3, -0.25) is 9.59 Å². The number of rotatable bonds is 6. The summed E-state index contributed by atoms with van der Waals surface area (Å²) in [5.41, 5.74) is 0.188. The zero-order valence-electron chi connectivity index (χ0n) is 11.0. The number of hydrogen-bond donors (Lipinski definition) is 1. The Balaban J connectivity index is 2.51. The Hall–Kier alpha value is -1.30. The van der Waals surface area contributed by atoms with Crippen LogP contribution in [0.1, 0.15) is 19.8 Å². The SMILES string of the molecule is CC(=O)CCC(=O)OCC(=O)Nc1c(Cl)cc(Cl)cc1Cl. The standard InChI is InChI=1S/C13H12Cl3NO4/c1-7(18)2-3-12(20)21-6-11(19)17-13-9(15)4-8(14)5-10(13)16/h4-5H,2-3,6H2,1H3,(H,17,19). The van der Waals surface area contributed by atoms with Crippen molar-refractivity contribution < 1.29 is 19.1 Å². The molecule has 1 aromatic rings. The highest BCUT2D eigenvalue weighted by Crippen LogP contribution is 2.33. The fraction of sp³-hybridized carbons (Fsp3) is 0.308. The third kappa shape index (κ3) is 6.33. The van der Waals surface area contributed by atoms with Crippen LogP contribution in [0.5, 0.6) is 0 Å².